The number of carbonyl (C=O) groups excluding carboxylic acids is 8. The van der Waals surface area contributed by atoms with Gasteiger partial charge < -0.3 is 57.5 Å². The van der Waals surface area contributed by atoms with Gasteiger partial charge in [-0.25, -0.2) is 9.59 Å². The van der Waals surface area contributed by atoms with Crippen LogP contribution >= 0.6 is 0 Å². The number of benzene rings is 2. The van der Waals surface area contributed by atoms with E-state index in [9.17, 15) is 72.9 Å². The molecule has 0 heterocycles. The number of hydrogen-bond acceptors (Lipinski definition) is 14. The molecule has 23 heteroatoms. The third kappa shape index (κ3) is 26.5. The summed E-state index contributed by atoms with van der Waals surface area (Å²) in [5, 5.41) is 48.8. The van der Waals surface area contributed by atoms with Crippen molar-refractivity contribution in [3.63, 3.8) is 0 Å². The molecule has 0 radical (unpaired) electrons. The molecule has 0 aliphatic carbocycles. The predicted octanol–water partition coefficient (Wildman–Crippen LogP) is 2.20. The lowest BCUT2D eigenvalue weighted by Crippen LogP contribution is -2.53. The van der Waals surface area contributed by atoms with Gasteiger partial charge in [0, 0.05) is 51.0 Å². The second-order valence-electron chi connectivity index (χ2n) is 17.6. The zero-order chi connectivity index (χ0) is 54.3. The maximum absolute atomic E-state index is 14.1. The van der Waals surface area contributed by atoms with E-state index < -0.39 is 121 Å². The van der Waals surface area contributed by atoms with Gasteiger partial charge in [-0.1, -0.05) is 93.3 Å². The van der Waals surface area contributed by atoms with E-state index in [0.29, 0.717) is 25.7 Å². The van der Waals surface area contributed by atoms with Crippen LogP contribution in [0.15, 0.2) is 60.7 Å². The van der Waals surface area contributed by atoms with Gasteiger partial charge in [0.1, 0.15) is 17.9 Å². The zero-order valence-electron chi connectivity index (χ0n) is 40.8. The fourth-order valence-electron chi connectivity index (χ4n) is 7.43. The van der Waals surface area contributed by atoms with Crippen LogP contribution in [0.25, 0.3) is 0 Å². The van der Waals surface area contributed by atoms with Crippen LogP contribution in [0.4, 0.5) is 4.79 Å². The number of unbranched alkanes of at least 4 members (excludes halogenated alkanes) is 5. The number of carbonyl (C=O) groups is 12. The van der Waals surface area contributed by atoms with Crippen molar-refractivity contribution >= 4 is 71.5 Å². The number of aliphatic carboxylic acids is 4. The van der Waals surface area contributed by atoms with Crippen molar-refractivity contribution in [2.45, 2.75) is 146 Å². The van der Waals surface area contributed by atoms with Crippen LogP contribution < -0.4 is 32.3 Å². The molecule has 0 bridgehead atoms. The minimum Gasteiger partial charge on any atom is -0.481 e. The van der Waals surface area contributed by atoms with Crippen LogP contribution in [0.2, 0.25) is 0 Å². The van der Waals surface area contributed by atoms with Crippen molar-refractivity contribution in [3.05, 3.63) is 71.8 Å². The van der Waals surface area contributed by atoms with Gasteiger partial charge in [0.2, 0.25) is 17.7 Å². The fourth-order valence-corrected chi connectivity index (χ4v) is 7.43. The maximum Gasteiger partial charge on any atom is 0.326 e. The maximum atomic E-state index is 14.1. The molecule has 0 aromatic heterocycles. The first-order chi connectivity index (χ1) is 34.7. The molecule has 11 N–H and O–H groups in total. The van der Waals surface area contributed by atoms with Gasteiger partial charge in [-0.3, -0.25) is 47.9 Å². The van der Waals surface area contributed by atoms with E-state index in [2.05, 4.69) is 31.3 Å². The molecular weight excluding hydrogens is 957 g/mol. The first kappa shape index (κ1) is 61.6. The van der Waals surface area contributed by atoms with Crippen LogP contribution in [0.5, 0.6) is 0 Å². The van der Waals surface area contributed by atoms with E-state index in [1.54, 1.807) is 60.7 Å². The normalized spacial score (nSPS) is 13.7. The van der Waals surface area contributed by atoms with Crippen molar-refractivity contribution in [2.75, 3.05) is 6.54 Å². The number of nitrogens with two attached hydrogens (primary N) is 1. The summed E-state index contributed by atoms with van der Waals surface area (Å²) in [5.74, 6) is -10.9. The Morgan fingerprint density at radius 1 is 0.575 bits per heavy atom. The molecule has 0 unspecified atom stereocenters. The molecule has 0 spiro atoms. The summed E-state index contributed by atoms with van der Waals surface area (Å²) < 4.78 is 4.62. The van der Waals surface area contributed by atoms with Crippen LogP contribution in [-0.2, 0) is 70.3 Å². The summed E-state index contributed by atoms with van der Waals surface area (Å²) in [6.07, 6.45) is 0.371. The van der Waals surface area contributed by atoms with Crippen molar-refractivity contribution in [2.24, 2.45) is 17.6 Å². The van der Waals surface area contributed by atoms with Crippen molar-refractivity contribution in [3.8, 4) is 0 Å². The highest BCUT2D eigenvalue weighted by molar-refractivity contribution is 5.96. The summed E-state index contributed by atoms with van der Waals surface area (Å²) >= 11 is 0. The molecule has 23 nitrogen and oxygen atoms in total. The molecule has 0 saturated carbocycles. The number of carboxylic acid groups (broad SMARTS) is 4. The number of Topliss-reactive ketones (excluding diaryl/α,β-unsaturated/α-hetero) is 3. The Morgan fingerprint density at radius 3 is 1.71 bits per heavy atom. The van der Waals surface area contributed by atoms with Gasteiger partial charge in [0.25, 0.3) is 6.47 Å². The molecule has 2 rings (SSSR count). The number of rotatable bonds is 39. The number of ether oxygens (including phenoxy) is 1. The number of nitrogens with one attached hydrogen (secondary N) is 5. The lowest BCUT2D eigenvalue weighted by molar-refractivity contribution is -0.144. The van der Waals surface area contributed by atoms with E-state index in [1.165, 1.54) is 6.92 Å². The minimum absolute atomic E-state index is 0.0141. The number of carboxylic acids is 4. The number of urea groups is 1. The van der Waals surface area contributed by atoms with Gasteiger partial charge in [-0.05, 0) is 43.2 Å². The summed E-state index contributed by atoms with van der Waals surface area (Å²) in [4.78, 5) is 147. The summed E-state index contributed by atoms with van der Waals surface area (Å²) in [7, 11) is 0. The second kappa shape index (κ2) is 33.9. The van der Waals surface area contributed by atoms with Crippen molar-refractivity contribution in [1.82, 2.24) is 26.6 Å². The highest BCUT2D eigenvalue weighted by Crippen LogP contribution is 2.18. The predicted molar refractivity (Wildman–Crippen MR) is 259 cm³/mol. The molecule has 0 aliphatic heterocycles. The third-order valence-electron chi connectivity index (χ3n) is 11.6. The average Bonchev–Trinajstić information content (AvgIpc) is 3.34. The van der Waals surface area contributed by atoms with Gasteiger partial charge in [-0.15, -0.1) is 0 Å². The SMILES string of the molecule is C[C@H](CC(=O)[C@H](CC(=O)O)NC(=O)[C@@H](N)CNC(=O)[C@@H](CC(=O)[C@H](Cc1ccccc1)NC(=O)CCCCCCCCC(=O)CC[C@@H](NC(=O)N[C@H](CCC(=O)O)OC=O)C(=O)O)Cc1ccccc1)C(=O)O. The van der Waals surface area contributed by atoms with E-state index in [1.807, 2.05) is 0 Å². The molecule has 7 atom stereocenters. The number of amides is 5. The Labute approximate surface area is 422 Å². The number of ketones is 3. The molecule has 2 aromatic rings. The quantitative estimate of drug-likeness (QED) is 0.0261. The lowest BCUT2D eigenvalue weighted by Gasteiger charge is -2.23. The summed E-state index contributed by atoms with van der Waals surface area (Å²) in [5.41, 5.74) is 7.51. The molecule has 2 aromatic carbocycles. The van der Waals surface area contributed by atoms with E-state index >= 15 is 0 Å². The lowest BCUT2D eigenvalue weighted by atomic mass is 9.89. The Bertz CT molecular complexity index is 2180. The smallest absolute Gasteiger partial charge is 0.326 e. The summed E-state index contributed by atoms with van der Waals surface area (Å²) in [6.45, 7) is 0.804. The average molecular weight is 1030 g/mol. The minimum atomic E-state index is -1.57. The van der Waals surface area contributed by atoms with Gasteiger partial charge in [-0.2, -0.15) is 0 Å². The van der Waals surface area contributed by atoms with E-state index in [0.717, 1.165) is 24.0 Å². The van der Waals surface area contributed by atoms with Crippen LogP contribution in [-0.4, -0.2) is 129 Å². The molecule has 0 saturated heterocycles. The number of hydrogen-bond donors (Lipinski definition) is 10. The van der Waals surface area contributed by atoms with Crippen molar-refractivity contribution < 1.29 is 82.7 Å². The highest BCUT2D eigenvalue weighted by Gasteiger charge is 2.31. The standard InChI is InChI=1S/C50H68N6O17/c1-31(48(68)69)24-40(59)39(28-45(64)65)54-47(67)36(51)29-52-46(66)34(25-32-14-8-6-9-15-32)27-41(60)38(26-33-16-10-7-11-17-33)53-42(61)19-13-5-3-2-4-12-18-35(58)20-21-37(49(70)71)55-50(72)56-43(73-30-57)22-23-44(62)63/h6-11,14-17,30-31,34,36-39,43H,2-5,12-13,18-29,51H2,1H3,(H,52,66)(H,53,61)(H,54,67)(H,62,63)(H,64,65)(H,68,69)(H,70,71)(H2,55,56,72)/t31-,34-,36+,37-,38+,39+,43+/m1/s1. The molecule has 400 valence electrons. The summed E-state index contributed by atoms with van der Waals surface area (Å²) in [6, 6.07) is 11.3. The Kier molecular flexibility index (Phi) is 28.6. The molecule has 5 amide bonds. The van der Waals surface area contributed by atoms with Gasteiger partial charge in [0.05, 0.1) is 30.8 Å². The van der Waals surface area contributed by atoms with E-state index in [-0.39, 0.29) is 69.5 Å². The van der Waals surface area contributed by atoms with Crippen LogP contribution in [0.3, 0.4) is 0 Å². The second-order valence-corrected chi connectivity index (χ2v) is 17.6. The molecular formula is C50H68N6O17. The largest absolute Gasteiger partial charge is 0.481 e. The highest BCUT2D eigenvalue weighted by atomic mass is 16.5. The van der Waals surface area contributed by atoms with Gasteiger partial charge >= 0.3 is 29.9 Å². The molecule has 0 fully saturated rings. The topological polar surface area (TPSA) is 381 Å². The Morgan fingerprint density at radius 2 is 1.15 bits per heavy atom. The fraction of sp³-hybridized carbons (Fsp3) is 0.520. The molecule has 73 heavy (non-hydrogen) atoms. The van der Waals surface area contributed by atoms with Crippen LogP contribution in [0, 0.1) is 11.8 Å². The Hall–Kier alpha value is -7.56. The van der Waals surface area contributed by atoms with Gasteiger partial charge in [0.15, 0.2) is 17.8 Å². The van der Waals surface area contributed by atoms with Crippen LogP contribution in [0.1, 0.15) is 114 Å². The van der Waals surface area contributed by atoms with E-state index in [4.69, 9.17) is 10.8 Å². The molecule has 0 aliphatic rings. The Balaban J connectivity index is 1.94. The van der Waals surface area contributed by atoms with Crippen molar-refractivity contribution in [1.29, 1.82) is 0 Å². The third-order valence-corrected chi connectivity index (χ3v) is 11.6. The monoisotopic (exact) mass is 1020 g/mol. The first-order valence-electron chi connectivity index (χ1n) is 24.0. The first-order valence-corrected chi connectivity index (χ1v) is 24.0. The zero-order valence-corrected chi connectivity index (χ0v) is 40.8.